The van der Waals surface area contributed by atoms with Crippen molar-refractivity contribution in [2.45, 2.75) is 19.4 Å². The minimum Gasteiger partial charge on any atom is -0.481 e. The van der Waals surface area contributed by atoms with E-state index in [1.165, 1.54) is 14.2 Å². The number of rotatable bonds is 6. The van der Waals surface area contributed by atoms with Crippen molar-refractivity contribution in [1.82, 2.24) is 15.0 Å². The SMILES string of the molecule is COc1ccc(C(=O)N2C[C@@H](Cc3cc(C)no3)[C@@H](OC)C2)c(OC)n1. The standard InChI is InChI=1S/C18H23N3O5/c1-11-7-13(26-20-11)8-12-9-21(10-15(12)23-2)18(22)14-5-6-16(24-3)19-17(14)25-4/h5-7,12,15H,8-10H2,1-4H3/t12-,15+/m1/s1. The van der Waals surface area contributed by atoms with Crippen molar-refractivity contribution in [3.8, 4) is 11.8 Å². The summed E-state index contributed by atoms with van der Waals surface area (Å²) in [6, 6.07) is 5.23. The molecule has 26 heavy (non-hydrogen) atoms. The second-order valence-corrected chi connectivity index (χ2v) is 6.29. The lowest BCUT2D eigenvalue weighted by Gasteiger charge is -2.17. The molecule has 8 heteroatoms. The van der Waals surface area contributed by atoms with Gasteiger partial charge in [-0.05, 0) is 13.0 Å². The van der Waals surface area contributed by atoms with Crippen LogP contribution in [0.3, 0.4) is 0 Å². The van der Waals surface area contributed by atoms with Crippen molar-refractivity contribution in [1.29, 1.82) is 0 Å². The molecule has 0 unspecified atom stereocenters. The van der Waals surface area contributed by atoms with Crippen LogP contribution < -0.4 is 9.47 Å². The van der Waals surface area contributed by atoms with E-state index >= 15 is 0 Å². The van der Waals surface area contributed by atoms with Gasteiger partial charge in [-0.1, -0.05) is 5.16 Å². The van der Waals surface area contributed by atoms with Crippen LogP contribution in [0.4, 0.5) is 0 Å². The molecule has 3 rings (SSSR count). The molecule has 8 nitrogen and oxygen atoms in total. The Morgan fingerprint density at radius 2 is 2.08 bits per heavy atom. The number of hydrogen-bond acceptors (Lipinski definition) is 7. The summed E-state index contributed by atoms with van der Waals surface area (Å²) in [5, 5.41) is 3.92. The van der Waals surface area contributed by atoms with Gasteiger partial charge in [0.15, 0.2) is 0 Å². The van der Waals surface area contributed by atoms with Crippen molar-refractivity contribution in [2.24, 2.45) is 5.92 Å². The highest BCUT2D eigenvalue weighted by Crippen LogP contribution is 2.28. The van der Waals surface area contributed by atoms with Gasteiger partial charge in [-0.25, -0.2) is 0 Å². The number of aromatic nitrogens is 2. The van der Waals surface area contributed by atoms with Crippen molar-refractivity contribution in [3.05, 3.63) is 35.2 Å². The van der Waals surface area contributed by atoms with Crippen molar-refractivity contribution in [3.63, 3.8) is 0 Å². The molecule has 0 N–H and O–H groups in total. The molecule has 1 fully saturated rings. The molecule has 1 amide bonds. The minimum atomic E-state index is -0.143. The van der Waals surface area contributed by atoms with E-state index in [0.29, 0.717) is 31.0 Å². The van der Waals surface area contributed by atoms with E-state index in [-0.39, 0.29) is 23.8 Å². The number of carbonyl (C=O) groups is 1. The minimum absolute atomic E-state index is 0.0680. The first-order valence-electron chi connectivity index (χ1n) is 8.39. The summed E-state index contributed by atoms with van der Waals surface area (Å²) in [5.41, 5.74) is 1.24. The number of aryl methyl sites for hydroxylation is 1. The molecule has 0 spiro atoms. The highest BCUT2D eigenvalue weighted by molar-refractivity contribution is 5.96. The summed E-state index contributed by atoms with van der Waals surface area (Å²) in [4.78, 5) is 18.9. The van der Waals surface area contributed by atoms with E-state index in [9.17, 15) is 4.79 Å². The zero-order valence-corrected chi connectivity index (χ0v) is 15.4. The first-order chi connectivity index (χ1) is 12.5. The predicted octanol–water partition coefficient (Wildman–Crippen LogP) is 1.72. The number of amides is 1. The van der Waals surface area contributed by atoms with Crippen LogP contribution in [-0.2, 0) is 11.2 Å². The number of likely N-dealkylation sites (tertiary alicyclic amines) is 1. The van der Waals surface area contributed by atoms with Gasteiger partial charge in [0.05, 0.1) is 26.0 Å². The molecular formula is C18H23N3O5. The Morgan fingerprint density at radius 3 is 2.69 bits per heavy atom. The molecule has 1 aliphatic rings. The first kappa shape index (κ1) is 18.2. The van der Waals surface area contributed by atoms with E-state index in [0.717, 1.165) is 11.5 Å². The van der Waals surface area contributed by atoms with Gasteiger partial charge >= 0.3 is 0 Å². The lowest BCUT2D eigenvalue weighted by Crippen LogP contribution is -2.30. The van der Waals surface area contributed by atoms with Crippen LogP contribution in [0.25, 0.3) is 0 Å². The zero-order valence-electron chi connectivity index (χ0n) is 15.4. The van der Waals surface area contributed by atoms with Gasteiger partial charge in [0.25, 0.3) is 5.91 Å². The molecule has 2 atom stereocenters. The summed E-state index contributed by atoms with van der Waals surface area (Å²) in [6.07, 6.45) is 0.600. The summed E-state index contributed by atoms with van der Waals surface area (Å²) >= 11 is 0. The van der Waals surface area contributed by atoms with Gasteiger partial charge in [-0.2, -0.15) is 4.98 Å². The lowest BCUT2D eigenvalue weighted by atomic mass is 10.0. The Hall–Kier alpha value is -2.61. The van der Waals surface area contributed by atoms with Gasteiger partial charge in [0.1, 0.15) is 11.3 Å². The number of nitrogens with zero attached hydrogens (tertiary/aromatic N) is 3. The molecule has 1 aliphatic heterocycles. The fraction of sp³-hybridized carbons (Fsp3) is 0.500. The Morgan fingerprint density at radius 1 is 1.27 bits per heavy atom. The van der Waals surface area contributed by atoms with Crippen molar-refractivity contribution >= 4 is 5.91 Å². The fourth-order valence-electron chi connectivity index (χ4n) is 3.27. The molecule has 0 radical (unpaired) electrons. The molecule has 0 saturated carbocycles. The van der Waals surface area contributed by atoms with Crippen LogP contribution >= 0.6 is 0 Å². The lowest BCUT2D eigenvalue weighted by molar-refractivity contribution is 0.0670. The smallest absolute Gasteiger partial charge is 0.259 e. The predicted molar refractivity (Wildman–Crippen MR) is 92.5 cm³/mol. The Labute approximate surface area is 152 Å². The van der Waals surface area contributed by atoms with Gasteiger partial charge < -0.3 is 23.6 Å². The molecular weight excluding hydrogens is 338 g/mol. The van der Waals surface area contributed by atoms with Crippen LogP contribution in [0, 0.1) is 12.8 Å². The van der Waals surface area contributed by atoms with E-state index in [1.54, 1.807) is 24.1 Å². The topological polar surface area (TPSA) is 86.9 Å². The largest absolute Gasteiger partial charge is 0.481 e. The quantitative estimate of drug-likeness (QED) is 0.774. The van der Waals surface area contributed by atoms with Gasteiger partial charge in [-0.3, -0.25) is 4.79 Å². The van der Waals surface area contributed by atoms with Gasteiger partial charge in [0, 0.05) is 44.7 Å². The third-order valence-electron chi connectivity index (χ3n) is 4.58. The molecule has 2 aromatic rings. The van der Waals surface area contributed by atoms with E-state index < -0.39 is 0 Å². The molecule has 3 heterocycles. The fourth-order valence-corrected chi connectivity index (χ4v) is 3.27. The number of ether oxygens (including phenoxy) is 3. The number of pyridine rings is 1. The average molecular weight is 361 g/mol. The van der Waals surface area contributed by atoms with E-state index in [1.807, 2.05) is 13.0 Å². The average Bonchev–Trinajstić information content (AvgIpc) is 3.26. The van der Waals surface area contributed by atoms with Crippen molar-refractivity contribution < 1.29 is 23.5 Å². The number of methoxy groups -OCH3 is 3. The maximum atomic E-state index is 13.0. The number of carbonyl (C=O) groups excluding carboxylic acids is 1. The summed E-state index contributed by atoms with van der Waals surface area (Å²) < 4.78 is 21.2. The van der Waals surface area contributed by atoms with Crippen molar-refractivity contribution in [2.75, 3.05) is 34.4 Å². The second-order valence-electron chi connectivity index (χ2n) is 6.29. The Bertz CT molecular complexity index is 776. The van der Waals surface area contributed by atoms with E-state index in [4.69, 9.17) is 18.7 Å². The van der Waals surface area contributed by atoms with Gasteiger partial charge in [0.2, 0.25) is 11.8 Å². The van der Waals surface area contributed by atoms with Crippen LogP contribution in [0.2, 0.25) is 0 Å². The summed E-state index contributed by atoms with van der Waals surface area (Å²) in [6.45, 7) is 2.95. The Kier molecular flexibility index (Phi) is 5.41. The Balaban J connectivity index is 1.76. The molecule has 1 saturated heterocycles. The van der Waals surface area contributed by atoms with Crippen LogP contribution in [-0.4, -0.2) is 61.5 Å². The molecule has 0 bridgehead atoms. The zero-order chi connectivity index (χ0) is 18.7. The first-order valence-corrected chi connectivity index (χ1v) is 8.39. The maximum Gasteiger partial charge on any atom is 0.259 e. The van der Waals surface area contributed by atoms with E-state index in [2.05, 4.69) is 10.1 Å². The molecule has 0 aliphatic carbocycles. The molecule has 140 valence electrons. The third-order valence-corrected chi connectivity index (χ3v) is 4.58. The normalized spacial score (nSPS) is 19.6. The highest BCUT2D eigenvalue weighted by Gasteiger charge is 2.37. The summed E-state index contributed by atoms with van der Waals surface area (Å²) in [7, 11) is 4.66. The highest BCUT2D eigenvalue weighted by atomic mass is 16.5. The second kappa shape index (κ2) is 7.74. The van der Waals surface area contributed by atoms with Gasteiger partial charge in [-0.15, -0.1) is 0 Å². The number of hydrogen-bond donors (Lipinski definition) is 0. The maximum absolute atomic E-state index is 13.0. The van der Waals surface area contributed by atoms with Crippen LogP contribution in [0.15, 0.2) is 22.7 Å². The molecule has 2 aromatic heterocycles. The van der Waals surface area contributed by atoms with Crippen LogP contribution in [0.1, 0.15) is 21.8 Å². The molecule has 0 aromatic carbocycles. The third kappa shape index (κ3) is 3.65. The monoisotopic (exact) mass is 361 g/mol. The summed E-state index contributed by atoms with van der Waals surface area (Å²) in [5.74, 6) is 1.43. The van der Waals surface area contributed by atoms with Crippen LogP contribution in [0.5, 0.6) is 11.8 Å².